The number of hydrogen-bond acceptors (Lipinski definition) is 7. The van der Waals surface area contributed by atoms with Crippen LogP contribution in [0.25, 0.3) is 6.08 Å². The van der Waals surface area contributed by atoms with Crippen molar-refractivity contribution in [3.05, 3.63) is 102 Å². The minimum Gasteiger partial charge on any atom is -0.504 e. The first-order valence-corrected chi connectivity index (χ1v) is 13.0. The molecular formula is C28H27ClN2O5S. The Bertz CT molecular complexity index is 1570. The summed E-state index contributed by atoms with van der Waals surface area (Å²) in [7, 11) is 0. The predicted octanol–water partition coefficient (Wildman–Crippen LogP) is 4.28. The Morgan fingerprint density at radius 3 is 2.62 bits per heavy atom. The molecule has 0 saturated heterocycles. The number of carbonyl (C=O) groups excluding carboxylic acids is 1. The lowest BCUT2D eigenvalue weighted by atomic mass is 9.96. The summed E-state index contributed by atoms with van der Waals surface area (Å²) >= 11 is 7.33. The topological polar surface area (TPSA) is 90.1 Å². The summed E-state index contributed by atoms with van der Waals surface area (Å²) in [5, 5.41) is 11.1. The third-order valence-electron chi connectivity index (χ3n) is 5.84. The number of esters is 1. The summed E-state index contributed by atoms with van der Waals surface area (Å²) in [5.41, 5.74) is 2.54. The molecule has 0 unspecified atom stereocenters. The number of thiazole rings is 1. The molecule has 3 aromatic rings. The second-order valence-corrected chi connectivity index (χ2v) is 9.75. The van der Waals surface area contributed by atoms with Gasteiger partial charge in [-0.15, -0.1) is 6.58 Å². The van der Waals surface area contributed by atoms with Crippen molar-refractivity contribution in [2.45, 2.75) is 33.2 Å². The van der Waals surface area contributed by atoms with Gasteiger partial charge in [-0.1, -0.05) is 41.1 Å². The number of allylic oxidation sites excluding steroid dienone is 2. The Balaban J connectivity index is 1.94. The number of halogens is 1. The molecule has 1 aliphatic heterocycles. The first-order chi connectivity index (χ1) is 17.8. The molecule has 0 radical (unpaired) electrons. The maximum atomic E-state index is 13.8. The molecule has 1 aliphatic rings. The van der Waals surface area contributed by atoms with Crippen molar-refractivity contribution in [1.82, 2.24) is 4.57 Å². The number of rotatable bonds is 8. The van der Waals surface area contributed by atoms with Crippen LogP contribution in [0, 0.1) is 0 Å². The van der Waals surface area contributed by atoms with E-state index in [1.165, 1.54) is 15.9 Å². The SMILES string of the molecule is C=CCc1cc(/C=c2/sc3n(c2=O)[C@@H](c2ccc(Cl)cc2)C(C(=O)OCC)=C(C)N=3)cc(OCC)c1O. The molecule has 7 nitrogen and oxygen atoms in total. The second kappa shape index (κ2) is 11.2. The molecule has 4 rings (SSSR count). The molecule has 192 valence electrons. The highest BCUT2D eigenvalue weighted by Crippen LogP contribution is 2.33. The molecule has 2 heterocycles. The molecule has 37 heavy (non-hydrogen) atoms. The lowest BCUT2D eigenvalue weighted by Crippen LogP contribution is -2.39. The number of ether oxygens (including phenoxy) is 2. The number of aromatic hydroxyl groups is 1. The molecule has 0 aliphatic carbocycles. The Morgan fingerprint density at radius 1 is 1.24 bits per heavy atom. The fourth-order valence-electron chi connectivity index (χ4n) is 4.25. The second-order valence-electron chi connectivity index (χ2n) is 8.31. The number of fused-ring (bicyclic) bond motifs is 1. The first-order valence-electron chi connectivity index (χ1n) is 11.8. The smallest absolute Gasteiger partial charge is 0.338 e. The van der Waals surface area contributed by atoms with Crippen LogP contribution in [0.15, 0.2) is 70.1 Å². The van der Waals surface area contributed by atoms with Crippen molar-refractivity contribution in [3.63, 3.8) is 0 Å². The van der Waals surface area contributed by atoms with E-state index in [0.29, 0.717) is 61.1 Å². The predicted molar refractivity (Wildman–Crippen MR) is 145 cm³/mol. The molecule has 0 fully saturated rings. The van der Waals surface area contributed by atoms with Gasteiger partial charge < -0.3 is 14.6 Å². The van der Waals surface area contributed by atoms with Gasteiger partial charge in [-0.05, 0) is 68.7 Å². The molecule has 0 bridgehead atoms. The van der Waals surface area contributed by atoms with E-state index in [-0.39, 0.29) is 17.9 Å². The van der Waals surface area contributed by atoms with Gasteiger partial charge in [-0.3, -0.25) is 9.36 Å². The largest absolute Gasteiger partial charge is 0.504 e. The van der Waals surface area contributed by atoms with Gasteiger partial charge in [0.15, 0.2) is 16.3 Å². The van der Waals surface area contributed by atoms with E-state index in [2.05, 4.69) is 11.6 Å². The zero-order valence-corrected chi connectivity index (χ0v) is 22.4. The quantitative estimate of drug-likeness (QED) is 0.341. The number of phenols is 1. The third kappa shape index (κ3) is 5.26. The third-order valence-corrected chi connectivity index (χ3v) is 7.08. The number of hydrogen-bond donors (Lipinski definition) is 1. The van der Waals surface area contributed by atoms with Crippen LogP contribution in [0.4, 0.5) is 0 Å². The molecule has 1 atom stereocenters. The van der Waals surface area contributed by atoms with Gasteiger partial charge in [0.05, 0.1) is 35.1 Å². The maximum Gasteiger partial charge on any atom is 0.338 e. The summed E-state index contributed by atoms with van der Waals surface area (Å²) < 4.78 is 12.9. The van der Waals surface area contributed by atoms with E-state index >= 15 is 0 Å². The Hall–Kier alpha value is -3.62. The van der Waals surface area contributed by atoms with Crippen molar-refractivity contribution in [3.8, 4) is 11.5 Å². The zero-order chi connectivity index (χ0) is 26.7. The molecule has 2 aromatic carbocycles. The minimum atomic E-state index is -0.718. The highest BCUT2D eigenvalue weighted by Gasteiger charge is 2.33. The summed E-state index contributed by atoms with van der Waals surface area (Å²) in [6.07, 6.45) is 3.86. The van der Waals surface area contributed by atoms with Gasteiger partial charge in [0.2, 0.25) is 0 Å². The van der Waals surface area contributed by atoms with Crippen LogP contribution in [0.1, 0.15) is 43.5 Å². The number of benzene rings is 2. The van der Waals surface area contributed by atoms with Gasteiger partial charge in [0.1, 0.15) is 0 Å². The highest BCUT2D eigenvalue weighted by molar-refractivity contribution is 7.07. The maximum absolute atomic E-state index is 13.8. The molecule has 0 amide bonds. The van der Waals surface area contributed by atoms with E-state index in [9.17, 15) is 14.7 Å². The van der Waals surface area contributed by atoms with E-state index in [1.54, 1.807) is 62.4 Å². The molecule has 0 spiro atoms. The van der Waals surface area contributed by atoms with Gasteiger partial charge in [0.25, 0.3) is 5.56 Å². The van der Waals surface area contributed by atoms with E-state index in [4.69, 9.17) is 21.1 Å². The van der Waals surface area contributed by atoms with E-state index in [0.717, 1.165) is 0 Å². The fraction of sp³-hybridized carbons (Fsp3) is 0.250. The monoisotopic (exact) mass is 538 g/mol. The van der Waals surface area contributed by atoms with Crippen LogP contribution in [0.2, 0.25) is 5.02 Å². The summed E-state index contributed by atoms with van der Waals surface area (Å²) in [5.74, 6) is -0.134. The molecule has 1 N–H and O–H groups in total. The van der Waals surface area contributed by atoms with Crippen molar-refractivity contribution in [1.29, 1.82) is 0 Å². The summed E-state index contributed by atoms with van der Waals surface area (Å²) in [4.78, 5) is 31.8. The van der Waals surface area contributed by atoms with Crippen molar-refractivity contribution in [2.24, 2.45) is 4.99 Å². The van der Waals surface area contributed by atoms with Crippen molar-refractivity contribution >= 4 is 35.0 Å². The average Bonchev–Trinajstić information content (AvgIpc) is 3.16. The van der Waals surface area contributed by atoms with Gasteiger partial charge in [-0.2, -0.15) is 0 Å². The Labute approximate surface area is 223 Å². The van der Waals surface area contributed by atoms with Crippen LogP contribution in [-0.2, 0) is 16.0 Å². The molecule has 0 saturated carbocycles. The number of nitrogens with zero attached hydrogens (tertiary/aromatic N) is 2. The Morgan fingerprint density at radius 2 is 1.97 bits per heavy atom. The van der Waals surface area contributed by atoms with E-state index in [1.807, 2.05) is 6.92 Å². The van der Waals surface area contributed by atoms with Gasteiger partial charge in [0, 0.05) is 10.6 Å². The lowest BCUT2D eigenvalue weighted by Gasteiger charge is -2.24. The molecular weight excluding hydrogens is 512 g/mol. The molecule has 1 aromatic heterocycles. The highest BCUT2D eigenvalue weighted by atomic mass is 35.5. The summed E-state index contributed by atoms with van der Waals surface area (Å²) in [6.45, 7) is 9.63. The normalized spacial score (nSPS) is 15.2. The standard InChI is InChI=1S/C28H27ClN2O5S/c1-5-8-19-13-17(14-21(25(19)32)35-6-2)15-22-26(33)31-24(18-9-11-20(29)12-10-18)23(27(34)36-7-3)16(4)30-28(31)37-22/h5,9-15,24,32H,1,6-8H2,2-4H3/b22-15+/t24-/m0/s1. The number of phenolic OH excluding ortho intramolecular Hbond substituents is 1. The number of aromatic nitrogens is 1. The van der Waals surface area contributed by atoms with Crippen LogP contribution in [0.5, 0.6) is 11.5 Å². The van der Waals surface area contributed by atoms with Crippen molar-refractivity contribution in [2.75, 3.05) is 13.2 Å². The van der Waals surface area contributed by atoms with E-state index < -0.39 is 12.0 Å². The lowest BCUT2D eigenvalue weighted by molar-refractivity contribution is -0.139. The van der Waals surface area contributed by atoms with Crippen LogP contribution >= 0.6 is 22.9 Å². The van der Waals surface area contributed by atoms with Crippen LogP contribution in [-0.4, -0.2) is 28.9 Å². The van der Waals surface area contributed by atoms with Crippen LogP contribution < -0.4 is 19.6 Å². The van der Waals surface area contributed by atoms with Gasteiger partial charge in [-0.25, -0.2) is 9.79 Å². The first kappa shape index (κ1) is 26.4. The zero-order valence-electron chi connectivity index (χ0n) is 20.8. The average molecular weight is 539 g/mol. The van der Waals surface area contributed by atoms with Gasteiger partial charge >= 0.3 is 5.97 Å². The number of carbonyl (C=O) groups is 1. The van der Waals surface area contributed by atoms with Crippen molar-refractivity contribution < 1.29 is 19.4 Å². The van der Waals surface area contributed by atoms with Crippen LogP contribution in [0.3, 0.4) is 0 Å². The minimum absolute atomic E-state index is 0.0535. The summed E-state index contributed by atoms with van der Waals surface area (Å²) in [6, 6.07) is 9.79. The Kier molecular flexibility index (Phi) is 8.00. The molecule has 9 heteroatoms. The fourth-order valence-corrected chi connectivity index (χ4v) is 5.43.